The molecular weight excluding hydrogens is 504 g/mol. The van der Waals surface area contributed by atoms with Gasteiger partial charge in [-0.05, 0) is 43.7 Å². The maximum atomic E-state index is 12.8. The van der Waals surface area contributed by atoms with Crippen LogP contribution >= 0.6 is 0 Å². The van der Waals surface area contributed by atoms with E-state index in [1.54, 1.807) is 22.3 Å². The molecule has 0 saturated carbocycles. The number of ether oxygens (including phenoxy) is 1. The Morgan fingerprint density at radius 1 is 0.900 bits per heavy atom. The van der Waals surface area contributed by atoms with E-state index in [0.29, 0.717) is 17.7 Å². The Hall–Kier alpha value is -4.57. The molecule has 204 valence electrons. The number of rotatable bonds is 7. The Balaban J connectivity index is 1.26. The molecule has 1 saturated heterocycles. The summed E-state index contributed by atoms with van der Waals surface area (Å²) in [5.41, 5.74) is 7.06. The Bertz CT molecular complexity index is 1630. The highest BCUT2D eigenvalue weighted by atomic mass is 16.5. The third-order valence-corrected chi connectivity index (χ3v) is 7.28. The molecule has 0 N–H and O–H groups in total. The van der Waals surface area contributed by atoms with Crippen molar-refractivity contribution in [1.82, 2.24) is 34.3 Å². The van der Waals surface area contributed by atoms with Gasteiger partial charge < -0.3 is 9.64 Å². The van der Waals surface area contributed by atoms with Crippen molar-refractivity contribution in [1.29, 1.82) is 0 Å². The summed E-state index contributed by atoms with van der Waals surface area (Å²) in [4.78, 5) is 26.8. The summed E-state index contributed by atoms with van der Waals surface area (Å²) in [7, 11) is 1.89. The normalized spacial score (nSPS) is 14.1. The molecule has 1 fully saturated rings. The zero-order valence-corrected chi connectivity index (χ0v) is 23.0. The van der Waals surface area contributed by atoms with Crippen LogP contribution in [-0.2, 0) is 18.3 Å². The van der Waals surface area contributed by atoms with E-state index in [2.05, 4.69) is 55.3 Å². The van der Waals surface area contributed by atoms with E-state index in [1.165, 1.54) is 5.56 Å². The standard InChI is InChI=1S/C30H32N8O2/c1-4-40-30(39)27-17-34-38-20-24(25-16-33-35(3)19-25)13-26(29(27)38)23-7-8-28(32-15-23)37-11-9-36(10-12-37)18-22-6-5-21(2)31-14-22/h5-8,13-17,19-20H,4,9-12,18H2,1-3H3. The predicted octanol–water partition coefficient (Wildman–Crippen LogP) is 4.00. The number of esters is 1. The van der Waals surface area contributed by atoms with Gasteiger partial charge in [-0.25, -0.2) is 14.3 Å². The zero-order chi connectivity index (χ0) is 27.6. The summed E-state index contributed by atoms with van der Waals surface area (Å²) in [6.45, 7) is 8.75. The third-order valence-electron chi connectivity index (χ3n) is 7.28. The van der Waals surface area contributed by atoms with Gasteiger partial charge in [-0.1, -0.05) is 6.07 Å². The molecule has 0 atom stereocenters. The fourth-order valence-corrected chi connectivity index (χ4v) is 5.15. The number of fused-ring (bicyclic) bond motifs is 1. The molecule has 0 bridgehead atoms. The van der Waals surface area contributed by atoms with Crippen molar-refractivity contribution in [2.45, 2.75) is 20.4 Å². The minimum Gasteiger partial charge on any atom is -0.462 e. The first-order valence-corrected chi connectivity index (χ1v) is 13.5. The molecule has 6 rings (SSSR count). The Morgan fingerprint density at radius 3 is 2.42 bits per heavy atom. The van der Waals surface area contributed by atoms with Gasteiger partial charge >= 0.3 is 5.97 Å². The maximum absolute atomic E-state index is 12.8. The molecule has 10 nitrogen and oxygen atoms in total. The number of carbonyl (C=O) groups excluding carboxylic acids is 1. The van der Waals surface area contributed by atoms with Crippen LogP contribution in [0.1, 0.15) is 28.5 Å². The molecule has 6 heterocycles. The van der Waals surface area contributed by atoms with Crippen LogP contribution in [0.2, 0.25) is 0 Å². The number of piperazine rings is 1. The van der Waals surface area contributed by atoms with E-state index in [4.69, 9.17) is 9.72 Å². The van der Waals surface area contributed by atoms with Crippen molar-refractivity contribution < 1.29 is 9.53 Å². The first kappa shape index (κ1) is 25.7. The van der Waals surface area contributed by atoms with Crippen LogP contribution in [0.5, 0.6) is 0 Å². The van der Waals surface area contributed by atoms with Crippen molar-refractivity contribution in [2.75, 3.05) is 37.7 Å². The fourth-order valence-electron chi connectivity index (χ4n) is 5.15. The minimum absolute atomic E-state index is 0.296. The number of carbonyl (C=O) groups is 1. The molecule has 1 aliphatic heterocycles. The van der Waals surface area contributed by atoms with Crippen LogP contribution in [-0.4, -0.2) is 73.0 Å². The lowest BCUT2D eigenvalue weighted by Gasteiger charge is -2.35. The van der Waals surface area contributed by atoms with Gasteiger partial charge in [-0.15, -0.1) is 0 Å². The topological polar surface area (TPSA) is 93.7 Å². The quantitative estimate of drug-likeness (QED) is 0.288. The summed E-state index contributed by atoms with van der Waals surface area (Å²) in [5, 5.41) is 8.80. The number of pyridine rings is 3. The highest BCUT2D eigenvalue weighted by molar-refractivity contribution is 6.02. The summed E-state index contributed by atoms with van der Waals surface area (Å²) < 4.78 is 8.82. The first-order chi connectivity index (χ1) is 19.5. The van der Waals surface area contributed by atoms with Gasteiger partial charge in [0.05, 0.1) is 24.5 Å². The van der Waals surface area contributed by atoms with Crippen molar-refractivity contribution >= 4 is 17.3 Å². The highest BCUT2D eigenvalue weighted by Gasteiger charge is 2.21. The molecule has 40 heavy (non-hydrogen) atoms. The molecule has 0 aliphatic carbocycles. The van der Waals surface area contributed by atoms with E-state index in [0.717, 1.165) is 66.5 Å². The second-order valence-corrected chi connectivity index (χ2v) is 10.1. The van der Waals surface area contributed by atoms with Crippen LogP contribution in [0, 0.1) is 6.92 Å². The van der Waals surface area contributed by atoms with Crippen molar-refractivity contribution in [3.05, 3.63) is 84.3 Å². The van der Waals surface area contributed by atoms with Crippen molar-refractivity contribution in [3.8, 4) is 22.3 Å². The van der Waals surface area contributed by atoms with Crippen LogP contribution in [0.4, 0.5) is 5.82 Å². The van der Waals surface area contributed by atoms with Gasteiger partial charge in [0.2, 0.25) is 0 Å². The number of aryl methyl sites for hydroxylation is 2. The molecule has 0 spiro atoms. The molecule has 0 aromatic carbocycles. The summed E-state index contributed by atoms with van der Waals surface area (Å²) >= 11 is 0. The fraction of sp³-hybridized carbons (Fsp3) is 0.300. The van der Waals surface area contributed by atoms with Crippen LogP contribution in [0.15, 0.2) is 67.5 Å². The Morgan fingerprint density at radius 2 is 1.75 bits per heavy atom. The van der Waals surface area contributed by atoms with Gasteiger partial charge in [0.25, 0.3) is 0 Å². The third kappa shape index (κ3) is 5.17. The Labute approximate surface area is 232 Å². The molecular formula is C30H32N8O2. The summed E-state index contributed by atoms with van der Waals surface area (Å²) in [6, 6.07) is 10.4. The van der Waals surface area contributed by atoms with Crippen molar-refractivity contribution in [2.24, 2.45) is 7.05 Å². The minimum atomic E-state index is -0.392. The van der Waals surface area contributed by atoms with Gasteiger partial charge in [-0.3, -0.25) is 14.6 Å². The molecule has 1 aliphatic rings. The first-order valence-electron chi connectivity index (χ1n) is 13.5. The molecule has 0 radical (unpaired) electrons. The number of aromatic nitrogens is 6. The lowest BCUT2D eigenvalue weighted by atomic mass is 10.0. The summed E-state index contributed by atoms with van der Waals surface area (Å²) in [6.07, 6.45) is 11.1. The molecule has 5 aromatic rings. The Kier molecular flexibility index (Phi) is 7.00. The number of nitrogens with zero attached hydrogens (tertiary/aromatic N) is 8. The molecule has 10 heteroatoms. The smallest absolute Gasteiger partial charge is 0.342 e. The molecule has 5 aromatic heterocycles. The average Bonchev–Trinajstić information content (AvgIpc) is 3.61. The number of hydrogen-bond donors (Lipinski definition) is 0. The molecule has 0 unspecified atom stereocenters. The van der Waals surface area contributed by atoms with Crippen molar-refractivity contribution in [3.63, 3.8) is 0 Å². The average molecular weight is 537 g/mol. The highest BCUT2D eigenvalue weighted by Crippen LogP contribution is 2.33. The lowest BCUT2D eigenvalue weighted by Crippen LogP contribution is -2.46. The molecule has 0 amide bonds. The van der Waals surface area contributed by atoms with E-state index < -0.39 is 5.97 Å². The largest absolute Gasteiger partial charge is 0.462 e. The lowest BCUT2D eigenvalue weighted by molar-refractivity contribution is 0.0528. The van der Waals surface area contributed by atoms with Crippen LogP contribution in [0.3, 0.4) is 0 Å². The van der Waals surface area contributed by atoms with Crippen LogP contribution in [0.25, 0.3) is 27.8 Å². The van der Waals surface area contributed by atoms with E-state index >= 15 is 0 Å². The number of anilines is 1. The van der Waals surface area contributed by atoms with E-state index in [-0.39, 0.29) is 0 Å². The maximum Gasteiger partial charge on any atom is 0.342 e. The zero-order valence-electron chi connectivity index (χ0n) is 23.0. The summed E-state index contributed by atoms with van der Waals surface area (Å²) in [5.74, 6) is 0.552. The van der Waals surface area contributed by atoms with E-state index in [9.17, 15) is 4.79 Å². The van der Waals surface area contributed by atoms with Gasteiger partial charge in [-0.2, -0.15) is 10.2 Å². The van der Waals surface area contributed by atoms with Gasteiger partial charge in [0.1, 0.15) is 11.4 Å². The van der Waals surface area contributed by atoms with Crippen LogP contribution < -0.4 is 4.90 Å². The predicted molar refractivity (Wildman–Crippen MR) is 153 cm³/mol. The second kappa shape index (κ2) is 10.9. The van der Waals surface area contributed by atoms with E-state index in [1.807, 2.05) is 45.0 Å². The monoisotopic (exact) mass is 536 g/mol. The van der Waals surface area contributed by atoms with Gasteiger partial charge in [0, 0.05) is 92.5 Å². The second-order valence-electron chi connectivity index (χ2n) is 10.1. The van der Waals surface area contributed by atoms with Gasteiger partial charge in [0.15, 0.2) is 0 Å². The SMILES string of the molecule is CCOC(=O)c1cnn2cc(-c3cnn(C)c3)cc(-c3ccc(N4CCN(Cc5ccc(C)nc5)CC4)nc3)c12. The number of hydrogen-bond acceptors (Lipinski definition) is 8.